The summed E-state index contributed by atoms with van der Waals surface area (Å²) in [6.45, 7) is 6.79. The predicted octanol–water partition coefficient (Wildman–Crippen LogP) is 4.92. The molecule has 2 aromatic carbocycles. The van der Waals surface area contributed by atoms with Crippen LogP contribution >= 0.6 is 0 Å². The lowest BCUT2D eigenvalue weighted by molar-refractivity contribution is 0.864. The molecule has 0 aliphatic heterocycles. The van der Waals surface area contributed by atoms with E-state index in [1.165, 1.54) is 34.7 Å². The molecule has 0 saturated heterocycles. The molecule has 2 aromatic rings. The predicted molar refractivity (Wildman–Crippen MR) is 72.0 cm³/mol. The number of hydrogen-bond donors (Lipinski definition) is 0. The van der Waals surface area contributed by atoms with E-state index in [9.17, 15) is 0 Å². The van der Waals surface area contributed by atoms with Crippen LogP contribution in [0, 0.1) is 0 Å². The zero-order valence-electron chi connectivity index (χ0n) is 10.5. The summed E-state index contributed by atoms with van der Waals surface area (Å²) in [5.74, 6) is 0.599. The number of fused-ring (bicyclic) bond motifs is 1. The number of hydrogen-bond acceptors (Lipinski definition) is 0. The molecule has 0 atom stereocenters. The van der Waals surface area contributed by atoms with E-state index in [4.69, 9.17) is 0 Å². The van der Waals surface area contributed by atoms with Gasteiger partial charge in [-0.05, 0) is 34.2 Å². The Morgan fingerprint density at radius 3 is 2.50 bits per heavy atom. The Kier molecular flexibility index (Phi) is 3.28. The Morgan fingerprint density at radius 2 is 1.81 bits per heavy atom. The Morgan fingerprint density at radius 1 is 1.06 bits per heavy atom. The van der Waals surface area contributed by atoms with Crippen LogP contribution in [-0.4, -0.2) is 0 Å². The van der Waals surface area contributed by atoms with Crippen LogP contribution in [-0.2, 0) is 6.42 Å². The monoisotopic (exact) mass is 212 g/mol. The Bertz CT molecular complexity index is 480. The number of rotatable bonds is 3. The van der Waals surface area contributed by atoms with Crippen molar-refractivity contribution < 1.29 is 0 Å². The third-order valence-electron chi connectivity index (χ3n) is 3.11. The fourth-order valence-corrected chi connectivity index (χ4v) is 2.32. The quantitative estimate of drug-likeness (QED) is 0.677. The van der Waals surface area contributed by atoms with Crippen LogP contribution < -0.4 is 0 Å². The van der Waals surface area contributed by atoms with Gasteiger partial charge in [0.05, 0.1) is 0 Å². The SMILES string of the molecule is CCCc1cc(C(C)C)c2ccccc2c1. The van der Waals surface area contributed by atoms with Crippen LogP contribution in [0.4, 0.5) is 0 Å². The second-order valence-electron chi connectivity index (χ2n) is 4.81. The number of benzene rings is 2. The molecular weight excluding hydrogens is 192 g/mol. The van der Waals surface area contributed by atoms with Crippen molar-refractivity contribution in [2.45, 2.75) is 39.5 Å². The molecule has 0 bridgehead atoms. The van der Waals surface area contributed by atoms with Crippen LogP contribution in [0.25, 0.3) is 10.8 Å². The Labute approximate surface area is 98.3 Å². The minimum absolute atomic E-state index is 0.599. The second-order valence-corrected chi connectivity index (χ2v) is 4.81. The van der Waals surface area contributed by atoms with E-state index in [1.54, 1.807) is 0 Å². The largest absolute Gasteiger partial charge is 0.0651 e. The highest BCUT2D eigenvalue weighted by Crippen LogP contribution is 2.27. The second kappa shape index (κ2) is 4.69. The van der Waals surface area contributed by atoms with Crippen LogP contribution in [0.15, 0.2) is 36.4 Å². The van der Waals surface area contributed by atoms with E-state index in [2.05, 4.69) is 57.2 Å². The van der Waals surface area contributed by atoms with Crippen molar-refractivity contribution >= 4 is 10.8 Å². The van der Waals surface area contributed by atoms with E-state index in [-0.39, 0.29) is 0 Å². The van der Waals surface area contributed by atoms with Crippen molar-refractivity contribution in [3.05, 3.63) is 47.5 Å². The van der Waals surface area contributed by atoms with E-state index >= 15 is 0 Å². The van der Waals surface area contributed by atoms with Crippen molar-refractivity contribution in [2.24, 2.45) is 0 Å². The van der Waals surface area contributed by atoms with Crippen molar-refractivity contribution in [2.75, 3.05) is 0 Å². The molecule has 0 N–H and O–H groups in total. The first kappa shape index (κ1) is 11.2. The first-order valence-electron chi connectivity index (χ1n) is 6.24. The van der Waals surface area contributed by atoms with Gasteiger partial charge >= 0.3 is 0 Å². The molecule has 0 aliphatic carbocycles. The topological polar surface area (TPSA) is 0 Å². The summed E-state index contributed by atoms with van der Waals surface area (Å²) in [6, 6.07) is 13.4. The van der Waals surface area contributed by atoms with Crippen LogP contribution in [0.1, 0.15) is 44.2 Å². The molecule has 0 heterocycles. The molecule has 0 saturated carbocycles. The Balaban J connectivity index is 2.64. The minimum atomic E-state index is 0.599. The van der Waals surface area contributed by atoms with Crippen molar-refractivity contribution in [1.29, 1.82) is 0 Å². The summed E-state index contributed by atoms with van der Waals surface area (Å²) >= 11 is 0. The van der Waals surface area contributed by atoms with Gasteiger partial charge in [-0.1, -0.05) is 63.6 Å². The van der Waals surface area contributed by atoms with Gasteiger partial charge in [-0.2, -0.15) is 0 Å². The van der Waals surface area contributed by atoms with E-state index < -0.39 is 0 Å². The molecule has 0 aromatic heterocycles. The molecule has 0 aliphatic rings. The Hall–Kier alpha value is -1.30. The van der Waals surface area contributed by atoms with Gasteiger partial charge in [0.15, 0.2) is 0 Å². The summed E-state index contributed by atoms with van der Waals surface area (Å²) in [6.07, 6.45) is 2.40. The first-order valence-corrected chi connectivity index (χ1v) is 6.24. The summed E-state index contributed by atoms with van der Waals surface area (Å²) in [5, 5.41) is 2.80. The van der Waals surface area contributed by atoms with Gasteiger partial charge in [0, 0.05) is 0 Å². The van der Waals surface area contributed by atoms with Crippen molar-refractivity contribution in [3.8, 4) is 0 Å². The maximum atomic E-state index is 2.39. The average Bonchev–Trinajstić information content (AvgIpc) is 2.28. The zero-order chi connectivity index (χ0) is 11.5. The summed E-state index contributed by atoms with van der Waals surface area (Å²) in [5.41, 5.74) is 2.96. The van der Waals surface area contributed by atoms with Gasteiger partial charge in [-0.3, -0.25) is 0 Å². The normalized spacial score (nSPS) is 11.2. The van der Waals surface area contributed by atoms with Gasteiger partial charge in [0.2, 0.25) is 0 Å². The summed E-state index contributed by atoms with van der Waals surface area (Å²) in [7, 11) is 0. The lowest BCUT2D eigenvalue weighted by Gasteiger charge is -2.12. The molecule has 0 unspecified atom stereocenters. The molecule has 84 valence electrons. The first-order chi connectivity index (χ1) is 7.72. The maximum absolute atomic E-state index is 2.39. The van der Waals surface area contributed by atoms with Gasteiger partial charge < -0.3 is 0 Å². The number of aryl methyl sites for hydroxylation is 1. The molecule has 0 radical (unpaired) electrons. The molecule has 2 rings (SSSR count). The molecule has 0 amide bonds. The van der Waals surface area contributed by atoms with Crippen LogP contribution in [0.3, 0.4) is 0 Å². The van der Waals surface area contributed by atoms with Crippen molar-refractivity contribution in [3.63, 3.8) is 0 Å². The highest BCUT2D eigenvalue weighted by molar-refractivity contribution is 5.86. The fraction of sp³-hybridized carbons (Fsp3) is 0.375. The fourth-order valence-electron chi connectivity index (χ4n) is 2.32. The summed E-state index contributed by atoms with van der Waals surface area (Å²) < 4.78 is 0. The van der Waals surface area contributed by atoms with Gasteiger partial charge in [-0.15, -0.1) is 0 Å². The molecule has 0 heteroatoms. The third-order valence-corrected chi connectivity index (χ3v) is 3.11. The molecule has 0 fully saturated rings. The third kappa shape index (κ3) is 2.11. The van der Waals surface area contributed by atoms with E-state index in [0.717, 1.165) is 0 Å². The molecule has 0 nitrogen and oxygen atoms in total. The van der Waals surface area contributed by atoms with Gasteiger partial charge in [0.25, 0.3) is 0 Å². The zero-order valence-corrected chi connectivity index (χ0v) is 10.5. The molecule has 0 spiro atoms. The van der Waals surface area contributed by atoms with E-state index in [1.807, 2.05) is 0 Å². The average molecular weight is 212 g/mol. The highest BCUT2D eigenvalue weighted by atomic mass is 14.1. The van der Waals surface area contributed by atoms with Crippen molar-refractivity contribution in [1.82, 2.24) is 0 Å². The maximum Gasteiger partial charge on any atom is -0.0149 e. The lowest BCUT2D eigenvalue weighted by atomic mass is 9.92. The molecule has 16 heavy (non-hydrogen) atoms. The van der Waals surface area contributed by atoms with Crippen LogP contribution in [0.5, 0.6) is 0 Å². The minimum Gasteiger partial charge on any atom is -0.0651 e. The smallest absolute Gasteiger partial charge is 0.0149 e. The summed E-state index contributed by atoms with van der Waals surface area (Å²) in [4.78, 5) is 0. The van der Waals surface area contributed by atoms with Gasteiger partial charge in [-0.25, -0.2) is 0 Å². The lowest BCUT2D eigenvalue weighted by Crippen LogP contribution is -1.93. The van der Waals surface area contributed by atoms with E-state index in [0.29, 0.717) is 5.92 Å². The van der Waals surface area contributed by atoms with Crippen LogP contribution in [0.2, 0.25) is 0 Å². The molecular formula is C16H20. The highest BCUT2D eigenvalue weighted by Gasteiger charge is 2.06. The standard InChI is InChI=1S/C16H20/c1-4-7-13-10-14-8-5-6-9-15(14)16(11-13)12(2)3/h5-6,8-12H,4,7H2,1-3H3. The van der Waals surface area contributed by atoms with Gasteiger partial charge in [0.1, 0.15) is 0 Å².